The molecule has 0 fully saturated rings. The third kappa shape index (κ3) is 3.81. The normalized spacial score (nSPS) is 11.5. The van der Waals surface area contributed by atoms with Crippen LogP contribution in [0.2, 0.25) is 0 Å². The van der Waals surface area contributed by atoms with E-state index in [4.69, 9.17) is 9.97 Å². The van der Waals surface area contributed by atoms with E-state index in [0.29, 0.717) is 5.56 Å². The minimum Gasteiger partial charge on any atom is -0.307 e. The molecular formula is C41H25N5. The van der Waals surface area contributed by atoms with Crippen LogP contribution in [0, 0.1) is 11.3 Å². The third-order valence-electron chi connectivity index (χ3n) is 8.84. The van der Waals surface area contributed by atoms with Crippen LogP contribution in [0.15, 0.2) is 152 Å². The molecule has 0 aliphatic rings. The lowest BCUT2D eigenvalue weighted by molar-refractivity contribution is 1.13. The van der Waals surface area contributed by atoms with Gasteiger partial charge in [0.05, 0.1) is 50.4 Å². The summed E-state index contributed by atoms with van der Waals surface area (Å²) in [5.41, 5.74) is 9.86. The standard InChI is InChI=1S/C41H25N5/c42-26-27-12-9-17-32(41(27)46-37-22-7-3-15-30(37)31-16-4-8-23-38(31)46)33-18-10-19-34(44-33)40-39(24-11-25-43-40)45-35-20-5-1-13-28(35)29-14-2-6-21-36(29)45/h1-25H. The predicted octanol–water partition coefficient (Wildman–Crippen LogP) is 9.88. The largest absolute Gasteiger partial charge is 0.307 e. The quantitative estimate of drug-likeness (QED) is 0.206. The highest BCUT2D eigenvalue weighted by Crippen LogP contribution is 2.39. The summed E-state index contributed by atoms with van der Waals surface area (Å²) in [4.78, 5) is 10.2. The first kappa shape index (κ1) is 25.9. The van der Waals surface area contributed by atoms with Crippen LogP contribution < -0.4 is 0 Å². The van der Waals surface area contributed by atoms with Gasteiger partial charge in [0.15, 0.2) is 0 Å². The Labute approximate surface area is 264 Å². The van der Waals surface area contributed by atoms with Gasteiger partial charge in [0, 0.05) is 33.3 Å². The number of benzene rings is 5. The van der Waals surface area contributed by atoms with Gasteiger partial charge in [-0.3, -0.25) is 4.98 Å². The number of nitriles is 1. The molecule has 5 heteroatoms. The highest BCUT2D eigenvalue weighted by atomic mass is 15.0. The zero-order valence-corrected chi connectivity index (χ0v) is 24.7. The molecule has 0 N–H and O–H groups in total. The van der Waals surface area contributed by atoms with Crippen molar-refractivity contribution in [3.63, 3.8) is 0 Å². The lowest BCUT2D eigenvalue weighted by Gasteiger charge is -2.16. The fourth-order valence-corrected chi connectivity index (χ4v) is 6.92. The summed E-state index contributed by atoms with van der Waals surface area (Å²) in [6.07, 6.45) is 1.82. The summed E-state index contributed by atoms with van der Waals surface area (Å²) >= 11 is 0. The number of pyridine rings is 2. The van der Waals surface area contributed by atoms with Crippen molar-refractivity contribution in [1.82, 2.24) is 19.1 Å². The van der Waals surface area contributed by atoms with Crippen LogP contribution in [0.5, 0.6) is 0 Å². The zero-order valence-electron chi connectivity index (χ0n) is 24.7. The van der Waals surface area contributed by atoms with E-state index in [-0.39, 0.29) is 0 Å². The fraction of sp³-hybridized carbons (Fsp3) is 0. The van der Waals surface area contributed by atoms with Gasteiger partial charge in [-0.05, 0) is 54.6 Å². The second-order valence-electron chi connectivity index (χ2n) is 11.3. The maximum Gasteiger partial charge on any atom is 0.113 e. The molecule has 4 aromatic heterocycles. The van der Waals surface area contributed by atoms with Crippen molar-refractivity contribution < 1.29 is 0 Å². The van der Waals surface area contributed by atoms with E-state index in [1.807, 2.05) is 54.7 Å². The molecule has 0 aliphatic carbocycles. The minimum atomic E-state index is 0.583. The Morgan fingerprint density at radius 3 is 1.59 bits per heavy atom. The molecule has 0 aliphatic heterocycles. The van der Waals surface area contributed by atoms with E-state index in [0.717, 1.165) is 66.9 Å². The van der Waals surface area contributed by atoms with Crippen LogP contribution in [-0.2, 0) is 0 Å². The third-order valence-corrected chi connectivity index (χ3v) is 8.84. The Bertz CT molecular complexity index is 2560. The van der Waals surface area contributed by atoms with Crippen molar-refractivity contribution in [1.29, 1.82) is 5.26 Å². The molecule has 0 radical (unpaired) electrons. The summed E-state index contributed by atoms with van der Waals surface area (Å²) in [5, 5.41) is 15.1. The molecule has 0 amide bonds. The van der Waals surface area contributed by atoms with Gasteiger partial charge in [-0.2, -0.15) is 5.26 Å². The average Bonchev–Trinajstić information content (AvgIpc) is 3.64. The summed E-state index contributed by atoms with van der Waals surface area (Å²) in [6, 6.07) is 52.1. The first-order valence-corrected chi connectivity index (χ1v) is 15.2. The van der Waals surface area contributed by atoms with Gasteiger partial charge >= 0.3 is 0 Å². The van der Waals surface area contributed by atoms with Crippen molar-refractivity contribution in [3.8, 4) is 40.1 Å². The molecule has 4 heterocycles. The number of aromatic nitrogens is 4. The number of rotatable bonds is 4. The summed E-state index contributed by atoms with van der Waals surface area (Å²) in [6.45, 7) is 0. The number of para-hydroxylation sites is 5. The lowest BCUT2D eigenvalue weighted by Crippen LogP contribution is -2.03. The number of hydrogen-bond donors (Lipinski definition) is 0. The molecule has 0 saturated carbocycles. The Kier molecular flexibility index (Phi) is 5.81. The van der Waals surface area contributed by atoms with E-state index in [1.54, 1.807) is 0 Å². The molecule has 46 heavy (non-hydrogen) atoms. The minimum absolute atomic E-state index is 0.583. The van der Waals surface area contributed by atoms with Gasteiger partial charge < -0.3 is 9.13 Å². The summed E-state index contributed by atoms with van der Waals surface area (Å²) in [5.74, 6) is 0. The van der Waals surface area contributed by atoms with Crippen molar-refractivity contribution in [2.24, 2.45) is 0 Å². The molecule has 5 nitrogen and oxygen atoms in total. The molecule has 0 bridgehead atoms. The van der Waals surface area contributed by atoms with Crippen molar-refractivity contribution in [2.45, 2.75) is 0 Å². The van der Waals surface area contributed by atoms with Crippen LogP contribution in [0.25, 0.3) is 77.6 Å². The highest BCUT2D eigenvalue weighted by Gasteiger charge is 2.21. The number of hydrogen-bond acceptors (Lipinski definition) is 3. The summed E-state index contributed by atoms with van der Waals surface area (Å²) in [7, 11) is 0. The highest BCUT2D eigenvalue weighted by molar-refractivity contribution is 6.11. The molecule has 9 rings (SSSR count). The molecule has 214 valence electrons. The molecule has 9 aromatic rings. The van der Waals surface area contributed by atoms with E-state index in [9.17, 15) is 5.26 Å². The average molecular weight is 588 g/mol. The number of nitrogens with zero attached hydrogens (tertiary/aromatic N) is 5. The monoisotopic (exact) mass is 587 g/mol. The Balaban J connectivity index is 1.29. The topological polar surface area (TPSA) is 59.4 Å². The molecular weight excluding hydrogens is 562 g/mol. The van der Waals surface area contributed by atoms with Crippen LogP contribution >= 0.6 is 0 Å². The summed E-state index contributed by atoms with van der Waals surface area (Å²) < 4.78 is 4.48. The Morgan fingerprint density at radius 1 is 0.478 bits per heavy atom. The van der Waals surface area contributed by atoms with E-state index in [1.165, 1.54) is 10.8 Å². The van der Waals surface area contributed by atoms with Crippen LogP contribution in [-0.4, -0.2) is 19.1 Å². The smallest absolute Gasteiger partial charge is 0.113 e. The second kappa shape index (κ2) is 10.3. The lowest BCUT2D eigenvalue weighted by atomic mass is 10.0. The van der Waals surface area contributed by atoms with Crippen LogP contribution in [0.3, 0.4) is 0 Å². The maximum absolute atomic E-state index is 10.4. The van der Waals surface area contributed by atoms with Gasteiger partial charge in [0.2, 0.25) is 0 Å². The van der Waals surface area contributed by atoms with Gasteiger partial charge in [0.25, 0.3) is 0 Å². The van der Waals surface area contributed by atoms with Gasteiger partial charge in [-0.1, -0.05) is 91.0 Å². The maximum atomic E-state index is 10.4. The second-order valence-corrected chi connectivity index (χ2v) is 11.3. The molecule has 0 spiro atoms. The predicted molar refractivity (Wildman–Crippen MR) is 186 cm³/mol. The molecule has 0 atom stereocenters. The van der Waals surface area contributed by atoms with Gasteiger partial charge in [-0.25, -0.2) is 4.98 Å². The van der Waals surface area contributed by atoms with E-state index < -0.39 is 0 Å². The van der Waals surface area contributed by atoms with E-state index in [2.05, 4.69) is 112 Å². The van der Waals surface area contributed by atoms with Crippen LogP contribution in [0.1, 0.15) is 5.56 Å². The molecule has 5 aromatic carbocycles. The van der Waals surface area contributed by atoms with Crippen molar-refractivity contribution in [3.05, 3.63) is 157 Å². The first-order valence-electron chi connectivity index (χ1n) is 15.2. The molecule has 0 unspecified atom stereocenters. The first-order chi connectivity index (χ1) is 22.8. The van der Waals surface area contributed by atoms with Crippen molar-refractivity contribution in [2.75, 3.05) is 0 Å². The zero-order chi connectivity index (χ0) is 30.6. The Morgan fingerprint density at radius 2 is 1.00 bits per heavy atom. The Hall–Kier alpha value is -6.51. The fourth-order valence-electron chi connectivity index (χ4n) is 6.92. The van der Waals surface area contributed by atoms with Gasteiger partial charge in [0.1, 0.15) is 11.8 Å². The SMILES string of the molecule is N#Cc1cccc(-c2cccc(-c3ncccc3-n3c4ccccc4c4ccccc43)n2)c1-n1c2ccccc2c2ccccc21. The van der Waals surface area contributed by atoms with E-state index >= 15 is 0 Å². The number of fused-ring (bicyclic) bond motifs is 6. The molecule has 0 saturated heterocycles. The van der Waals surface area contributed by atoms with Gasteiger partial charge in [-0.15, -0.1) is 0 Å². The van der Waals surface area contributed by atoms with Crippen molar-refractivity contribution >= 4 is 43.6 Å². The van der Waals surface area contributed by atoms with Crippen LogP contribution in [0.4, 0.5) is 0 Å².